The number of hydrogen-bond acceptors (Lipinski definition) is 5. The summed E-state index contributed by atoms with van der Waals surface area (Å²) in [5.41, 5.74) is 0.0492. The van der Waals surface area contributed by atoms with Crippen LogP contribution in [0.15, 0.2) is 24.3 Å². The molecule has 1 rings (SSSR count). The summed E-state index contributed by atoms with van der Waals surface area (Å²) in [7, 11) is 0. The fourth-order valence-electron chi connectivity index (χ4n) is 1.61. The summed E-state index contributed by atoms with van der Waals surface area (Å²) in [6.45, 7) is 3.66. The van der Waals surface area contributed by atoms with Gasteiger partial charge in [0.25, 0.3) is 5.69 Å². The van der Waals surface area contributed by atoms with Crippen LogP contribution in [0.4, 0.5) is 5.69 Å². The van der Waals surface area contributed by atoms with E-state index in [1.807, 2.05) is 6.92 Å². The summed E-state index contributed by atoms with van der Waals surface area (Å²) >= 11 is 0. The van der Waals surface area contributed by atoms with Crippen molar-refractivity contribution in [2.24, 2.45) is 0 Å². The topological polar surface area (TPSA) is 84.6 Å². The van der Waals surface area contributed by atoms with Crippen LogP contribution in [0.3, 0.4) is 0 Å². The average Bonchev–Trinajstić information content (AvgIpc) is 2.39. The first-order valence-corrected chi connectivity index (χ1v) is 6.39. The van der Waals surface area contributed by atoms with E-state index in [-0.39, 0.29) is 11.8 Å². The Morgan fingerprint density at radius 1 is 1.42 bits per heavy atom. The van der Waals surface area contributed by atoms with Crippen molar-refractivity contribution in [1.82, 2.24) is 5.32 Å². The van der Waals surface area contributed by atoms with E-state index < -0.39 is 4.92 Å². The molecule has 106 valence electrons. The maximum atomic E-state index is 10.5. The van der Waals surface area contributed by atoms with Crippen molar-refractivity contribution in [3.63, 3.8) is 0 Å². The highest BCUT2D eigenvalue weighted by molar-refractivity contribution is 5.35. The van der Waals surface area contributed by atoms with Crippen LogP contribution in [0.2, 0.25) is 0 Å². The molecule has 0 saturated heterocycles. The summed E-state index contributed by atoms with van der Waals surface area (Å²) in [5, 5.41) is 23.0. The van der Waals surface area contributed by atoms with Gasteiger partial charge in [0, 0.05) is 25.2 Å². The van der Waals surface area contributed by atoms with Crippen LogP contribution in [0.5, 0.6) is 5.75 Å². The summed E-state index contributed by atoms with van der Waals surface area (Å²) in [4.78, 5) is 10.0. The molecule has 6 nitrogen and oxygen atoms in total. The molecule has 2 N–H and O–H groups in total. The monoisotopic (exact) mass is 268 g/mol. The number of benzene rings is 1. The second kappa shape index (κ2) is 8.44. The maximum Gasteiger partial charge on any atom is 0.269 e. The van der Waals surface area contributed by atoms with Crippen molar-refractivity contribution in [3.8, 4) is 5.75 Å². The number of aliphatic hydroxyl groups excluding tert-OH is 1. The molecule has 0 aliphatic rings. The summed E-state index contributed by atoms with van der Waals surface area (Å²) < 4.78 is 5.42. The van der Waals surface area contributed by atoms with Crippen LogP contribution >= 0.6 is 0 Å². The third-order valence-electron chi connectivity index (χ3n) is 2.60. The number of nitrogens with one attached hydrogen (secondary N) is 1. The lowest BCUT2D eigenvalue weighted by Gasteiger charge is -2.11. The van der Waals surface area contributed by atoms with Gasteiger partial charge in [0.05, 0.1) is 11.0 Å². The Morgan fingerprint density at radius 2 is 2.11 bits per heavy atom. The molecule has 1 aromatic rings. The normalized spacial score (nSPS) is 12.1. The van der Waals surface area contributed by atoms with Crippen molar-refractivity contribution in [1.29, 1.82) is 0 Å². The Balaban J connectivity index is 2.17. The fourth-order valence-corrected chi connectivity index (χ4v) is 1.61. The largest absolute Gasteiger partial charge is 0.492 e. The van der Waals surface area contributed by atoms with E-state index in [1.165, 1.54) is 12.1 Å². The Bertz CT molecular complexity index is 381. The molecule has 0 heterocycles. The van der Waals surface area contributed by atoms with E-state index in [0.29, 0.717) is 25.4 Å². The minimum Gasteiger partial charge on any atom is -0.492 e. The van der Waals surface area contributed by atoms with Gasteiger partial charge >= 0.3 is 0 Å². The minimum atomic E-state index is -0.444. The highest BCUT2D eigenvalue weighted by Gasteiger charge is 2.04. The average molecular weight is 268 g/mol. The molecule has 1 aromatic carbocycles. The fraction of sp³-hybridized carbons (Fsp3) is 0.538. The molecular weight excluding hydrogens is 248 g/mol. The van der Waals surface area contributed by atoms with Crippen molar-refractivity contribution < 1.29 is 14.8 Å². The molecule has 19 heavy (non-hydrogen) atoms. The van der Waals surface area contributed by atoms with Gasteiger partial charge in [-0.1, -0.05) is 13.3 Å². The van der Waals surface area contributed by atoms with E-state index in [9.17, 15) is 15.2 Å². The second-order valence-corrected chi connectivity index (χ2v) is 4.25. The molecule has 0 aromatic heterocycles. The Kier molecular flexibility index (Phi) is 6.84. The third kappa shape index (κ3) is 6.17. The molecular formula is C13H20N2O4. The van der Waals surface area contributed by atoms with Crippen molar-refractivity contribution >= 4 is 5.69 Å². The van der Waals surface area contributed by atoms with Gasteiger partial charge in [-0.05, 0) is 18.6 Å². The molecule has 0 bridgehead atoms. The molecule has 0 amide bonds. The number of rotatable bonds is 9. The summed E-state index contributed by atoms with van der Waals surface area (Å²) in [6.07, 6.45) is 1.43. The predicted octanol–water partition coefficient (Wildman–Crippen LogP) is 1.72. The predicted molar refractivity (Wildman–Crippen MR) is 72.4 cm³/mol. The molecule has 0 radical (unpaired) electrons. The summed E-state index contributed by atoms with van der Waals surface area (Å²) in [5.74, 6) is 0.599. The van der Waals surface area contributed by atoms with Crippen LogP contribution in [0.25, 0.3) is 0 Å². The highest BCUT2D eigenvalue weighted by Crippen LogP contribution is 2.16. The van der Waals surface area contributed by atoms with Gasteiger partial charge in [0.15, 0.2) is 0 Å². The van der Waals surface area contributed by atoms with Crippen molar-refractivity contribution in [2.75, 3.05) is 19.7 Å². The van der Waals surface area contributed by atoms with Crippen LogP contribution in [0.1, 0.15) is 19.8 Å². The third-order valence-corrected chi connectivity index (χ3v) is 2.60. The van der Waals surface area contributed by atoms with Crippen molar-refractivity contribution in [3.05, 3.63) is 34.4 Å². The van der Waals surface area contributed by atoms with E-state index >= 15 is 0 Å². The van der Waals surface area contributed by atoms with E-state index in [4.69, 9.17) is 4.74 Å². The standard InChI is InChI=1S/C13H20N2O4/c1-2-3-12(16)10-14-8-9-19-13-6-4-11(5-7-13)15(17)18/h4-7,12,14,16H,2-3,8-10H2,1H3. The first-order chi connectivity index (χ1) is 9.13. The van der Waals surface area contributed by atoms with Crippen LogP contribution in [-0.4, -0.2) is 35.8 Å². The van der Waals surface area contributed by atoms with Gasteiger partial charge < -0.3 is 15.2 Å². The molecule has 0 fully saturated rings. The first kappa shape index (κ1) is 15.4. The number of non-ortho nitro benzene ring substituents is 1. The minimum absolute atomic E-state index is 0.0492. The van der Waals surface area contributed by atoms with Gasteiger partial charge in [-0.15, -0.1) is 0 Å². The Labute approximate surface area is 112 Å². The number of nitrogens with zero attached hydrogens (tertiary/aromatic N) is 1. The lowest BCUT2D eigenvalue weighted by molar-refractivity contribution is -0.384. The number of nitro groups is 1. The number of ether oxygens (including phenoxy) is 1. The maximum absolute atomic E-state index is 10.5. The molecule has 0 saturated carbocycles. The lowest BCUT2D eigenvalue weighted by atomic mass is 10.2. The molecule has 0 aliphatic heterocycles. The number of aliphatic hydroxyl groups is 1. The second-order valence-electron chi connectivity index (χ2n) is 4.25. The quantitative estimate of drug-likeness (QED) is 0.405. The molecule has 1 unspecified atom stereocenters. The van der Waals surface area contributed by atoms with E-state index in [1.54, 1.807) is 12.1 Å². The zero-order valence-electron chi connectivity index (χ0n) is 11.0. The van der Waals surface area contributed by atoms with Crippen LogP contribution in [-0.2, 0) is 0 Å². The number of nitro benzene ring substituents is 1. The summed E-state index contributed by atoms with van der Waals surface area (Å²) in [6, 6.07) is 5.97. The van der Waals surface area contributed by atoms with E-state index in [0.717, 1.165) is 12.8 Å². The smallest absolute Gasteiger partial charge is 0.269 e. The number of hydrogen-bond donors (Lipinski definition) is 2. The Hall–Kier alpha value is -1.66. The van der Waals surface area contributed by atoms with E-state index in [2.05, 4.69) is 5.32 Å². The SMILES string of the molecule is CCCC(O)CNCCOc1ccc([N+](=O)[O-])cc1. The molecule has 0 aliphatic carbocycles. The van der Waals surface area contributed by atoms with Gasteiger partial charge in [-0.2, -0.15) is 0 Å². The van der Waals surface area contributed by atoms with Crippen LogP contribution < -0.4 is 10.1 Å². The highest BCUT2D eigenvalue weighted by atomic mass is 16.6. The zero-order valence-corrected chi connectivity index (χ0v) is 11.0. The van der Waals surface area contributed by atoms with Gasteiger partial charge in [0.1, 0.15) is 12.4 Å². The molecule has 1 atom stereocenters. The Morgan fingerprint density at radius 3 is 2.68 bits per heavy atom. The molecule has 0 spiro atoms. The molecule has 6 heteroatoms. The van der Waals surface area contributed by atoms with Crippen molar-refractivity contribution in [2.45, 2.75) is 25.9 Å². The van der Waals surface area contributed by atoms with Gasteiger partial charge in [0.2, 0.25) is 0 Å². The van der Waals surface area contributed by atoms with Crippen LogP contribution in [0, 0.1) is 10.1 Å². The lowest BCUT2D eigenvalue weighted by Crippen LogP contribution is -2.29. The van der Waals surface area contributed by atoms with Gasteiger partial charge in [-0.25, -0.2) is 0 Å². The van der Waals surface area contributed by atoms with Gasteiger partial charge in [-0.3, -0.25) is 10.1 Å². The first-order valence-electron chi connectivity index (χ1n) is 6.39. The zero-order chi connectivity index (χ0) is 14.1.